The normalized spacial score (nSPS) is 20.6. The summed E-state index contributed by atoms with van der Waals surface area (Å²) in [5.41, 5.74) is 2.26. The van der Waals surface area contributed by atoms with Crippen LogP contribution in [0.3, 0.4) is 0 Å². The van der Waals surface area contributed by atoms with Crippen molar-refractivity contribution in [3.8, 4) is 5.75 Å². The van der Waals surface area contributed by atoms with Gasteiger partial charge in [-0.2, -0.15) is 0 Å². The third kappa shape index (κ3) is 1.02. The molecular weight excluding hydrogens is 148 g/mol. The van der Waals surface area contributed by atoms with Gasteiger partial charge in [-0.1, -0.05) is 31.2 Å². The van der Waals surface area contributed by atoms with Gasteiger partial charge in [0.1, 0.15) is 5.75 Å². The highest BCUT2D eigenvalue weighted by atomic mass is 16.3. The van der Waals surface area contributed by atoms with E-state index >= 15 is 0 Å². The van der Waals surface area contributed by atoms with Crippen LogP contribution in [-0.2, 0) is 0 Å². The second-order valence-corrected chi connectivity index (χ2v) is 3.32. The van der Waals surface area contributed by atoms with Crippen LogP contribution in [0, 0.1) is 0 Å². The Hall–Kier alpha value is -1.24. The van der Waals surface area contributed by atoms with E-state index in [0.717, 1.165) is 12.0 Å². The van der Waals surface area contributed by atoms with Gasteiger partial charge in [-0.3, -0.25) is 0 Å². The van der Waals surface area contributed by atoms with Gasteiger partial charge in [0.15, 0.2) is 0 Å². The molecule has 0 amide bonds. The zero-order valence-corrected chi connectivity index (χ0v) is 7.12. The maximum absolute atomic E-state index is 9.52. The predicted octanol–water partition coefficient (Wildman–Crippen LogP) is 2.91. The van der Waals surface area contributed by atoms with Gasteiger partial charge in [0.25, 0.3) is 0 Å². The van der Waals surface area contributed by atoms with Gasteiger partial charge < -0.3 is 5.11 Å². The quantitative estimate of drug-likeness (QED) is 0.618. The van der Waals surface area contributed by atoms with Crippen LogP contribution in [0.5, 0.6) is 5.75 Å². The van der Waals surface area contributed by atoms with Gasteiger partial charge in [-0.05, 0) is 24.0 Å². The van der Waals surface area contributed by atoms with Crippen LogP contribution >= 0.6 is 0 Å². The van der Waals surface area contributed by atoms with Crippen LogP contribution < -0.4 is 0 Å². The summed E-state index contributed by atoms with van der Waals surface area (Å²) in [6.45, 7) is 2.18. The summed E-state index contributed by atoms with van der Waals surface area (Å²) in [6, 6.07) is 5.73. The van der Waals surface area contributed by atoms with Crippen LogP contribution in [0.2, 0.25) is 0 Å². The van der Waals surface area contributed by atoms with Crippen molar-refractivity contribution < 1.29 is 5.11 Å². The summed E-state index contributed by atoms with van der Waals surface area (Å²) >= 11 is 0. The molecule has 1 N–H and O–H groups in total. The maximum Gasteiger partial charge on any atom is 0.123 e. The molecule has 1 atom stereocenters. The average molecular weight is 160 g/mol. The molecular formula is C11H12O. The smallest absolute Gasteiger partial charge is 0.123 e. The summed E-state index contributed by atoms with van der Waals surface area (Å²) in [4.78, 5) is 0. The van der Waals surface area contributed by atoms with E-state index < -0.39 is 0 Å². The lowest BCUT2D eigenvalue weighted by atomic mass is 9.88. The fourth-order valence-corrected chi connectivity index (χ4v) is 1.70. The van der Waals surface area contributed by atoms with Crippen molar-refractivity contribution in [2.45, 2.75) is 19.3 Å². The van der Waals surface area contributed by atoms with Gasteiger partial charge in [0.2, 0.25) is 0 Å². The van der Waals surface area contributed by atoms with Gasteiger partial charge in [-0.15, -0.1) is 0 Å². The first-order valence-electron chi connectivity index (χ1n) is 4.27. The molecule has 0 spiro atoms. The van der Waals surface area contributed by atoms with Crippen molar-refractivity contribution in [3.63, 3.8) is 0 Å². The molecule has 1 aliphatic carbocycles. The summed E-state index contributed by atoms with van der Waals surface area (Å²) in [6.07, 6.45) is 5.20. The van der Waals surface area contributed by atoms with Crippen molar-refractivity contribution in [2.24, 2.45) is 0 Å². The molecule has 12 heavy (non-hydrogen) atoms. The molecule has 1 aromatic rings. The Morgan fingerprint density at radius 2 is 2.25 bits per heavy atom. The Bertz CT molecular complexity index is 326. The minimum Gasteiger partial charge on any atom is -0.507 e. The summed E-state index contributed by atoms with van der Waals surface area (Å²) in [7, 11) is 0. The largest absolute Gasteiger partial charge is 0.507 e. The number of fused-ring (bicyclic) bond motifs is 1. The average Bonchev–Trinajstić information content (AvgIpc) is 2.07. The van der Waals surface area contributed by atoms with E-state index in [0.29, 0.717) is 11.7 Å². The minimum absolute atomic E-state index is 0.398. The molecule has 1 aliphatic rings. The molecule has 0 aliphatic heterocycles. The Morgan fingerprint density at radius 1 is 1.42 bits per heavy atom. The van der Waals surface area contributed by atoms with Gasteiger partial charge in [-0.25, -0.2) is 0 Å². The highest BCUT2D eigenvalue weighted by molar-refractivity contribution is 5.63. The Balaban J connectivity index is 2.61. The number of aromatic hydroxyl groups is 1. The molecule has 1 unspecified atom stereocenters. The van der Waals surface area contributed by atoms with E-state index in [1.165, 1.54) is 5.56 Å². The standard InChI is InChI=1S/C11H12O/c1-8-4-2-6-10-9(8)5-3-7-11(10)12/h2-3,5-8,12H,4H2,1H3. The second-order valence-electron chi connectivity index (χ2n) is 3.32. The topological polar surface area (TPSA) is 20.2 Å². The lowest BCUT2D eigenvalue weighted by Crippen LogP contribution is -1.99. The molecule has 0 saturated carbocycles. The number of hydrogen-bond acceptors (Lipinski definition) is 1. The molecule has 0 fully saturated rings. The fourth-order valence-electron chi connectivity index (χ4n) is 1.70. The number of phenolic OH excluding ortho intramolecular Hbond substituents is 1. The van der Waals surface area contributed by atoms with Gasteiger partial charge >= 0.3 is 0 Å². The van der Waals surface area contributed by atoms with E-state index in [4.69, 9.17) is 0 Å². The maximum atomic E-state index is 9.52. The number of phenols is 1. The SMILES string of the molecule is CC1CC=Cc2c(O)cccc21. The van der Waals surface area contributed by atoms with E-state index in [2.05, 4.69) is 19.1 Å². The van der Waals surface area contributed by atoms with Crippen molar-refractivity contribution in [3.05, 3.63) is 35.4 Å². The van der Waals surface area contributed by atoms with Crippen LogP contribution in [-0.4, -0.2) is 5.11 Å². The third-order valence-corrected chi connectivity index (χ3v) is 2.42. The fraction of sp³-hybridized carbons (Fsp3) is 0.273. The molecule has 1 heteroatoms. The molecule has 0 radical (unpaired) electrons. The molecule has 2 rings (SSSR count). The lowest BCUT2D eigenvalue weighted by Gasteiger charge is -2.17. The summed E-state index contributed by atoms with van der Waals surface area (Å²) in [5.74, 6) is 0.937. The van der Waals surface area contributed by atoms with Crippen molar-refractivity contribution >= 4 is 6.08 Å². The number of rotatable bonds is 0. The number of benzene rings is 1. The molecule has 0 heterocycles. The van der Waals surface area contributed by atoms with Crippen LogP contribution in [0.1, 0.15) is 30.4 Å². The number of allylic oxidation sites excluding steroid dienone is 1. The third-order valence-electron chi connectivity index (χ3n) is 2.42. The zero-order valence-electron chi connectivity index (χ0n) is 7.12. The van der Waals surface area contributed by atoms with Crippen molar-refractivity contribution in [2.75, 3.05) is 0 Å². The second kappa shape index (κ2) is 2.67. The van der Waals surface area contributed by atoms with Crippen LogP contribution in [0.4, 0.5) is 0 Å². The first-order valence-corrected chi connectivity index (χ1v) is 4.27. The monoisotopic (exact) mass is 160 g/mol. The van der Waals surface area contributed by atoms with Crippen LogP contribution in [0.25, 0.3) is 6.08 Å². The van der Waals surface area contributed by atoms with Crippen LogP contribution in [0.15, 0.2) is 24.3 Å². The summed E-state index contributed by atoms with van der Waals surface area (Å²) in [5, 5.41) is 9.52. The summed E-state index contributed by atoms with van der Waals surface area (Å²) < 4.78 is 0. The van der Waals surface area contributed by atoms with E-state index in [1.54, 1.807) is 6.07 Å². The highest BCUT2D eigenvalue weighted by Gasteiger charge is 2.13. The number of hydrogen-bond donors (Lipinski definition) is 1. The Morgan fingerprint density at radius 3 is 3.00 bits per heavy atom. The molecule has 1 nitrogen and oxygen atoms in total. The molecule has 1 aromatic carbocycles. The Labute approximate surface area is 72.4 Å². The van der Waals surface area contributed by atoms with Gasteiger partial charge in [0.05, 0.1) is 0 Å². The first kappa shape index (κ1) is 7.41. The highest BCUT2D eigenvalue weighted by Crippen LogP contribution is 2.33. The van der Waals surface area contributed by atoms with E-state index in [9.17, 15) is 5.11 Å². The Kier molecular flexibility index (Phi) is 1.65. The molecule has 0 saturated heterocycles. The van der Waals surface area contributed by atoms with Crippen molar-refractivity contribution in [1.82, 2.24) is 0 Å². The van der Waals surface area contributed by atoms with E-state index in [-0.39, 0.29) is 0 Å². The first-order chi connectivity index (χ1) is 5.79. The minimum atomic E-state index is 0.398. The molecule has 62 valence electrons. The molecule has 0 bridgehead atoms. The lowest BCUT2D eigenvalue weighted by molar-refractivity contribution is 0.472. The zero-order chi connectivity index (χ0) is 8.55. The predicted molar refractivity (Wildman–Crippen MR) is 50.2 cm³/mol. The van der Waals surface area contributed by atoms with Gasteiger partial charge in [0, 0.05) is 5.56 Å². The van der Waals surface area contributed by atoms with Crippen molar-refractivity contribution in [1.29, 1.82) is 0 Å². The van der Waals surface area contributed by atoms with E-state index in [1.807, 2.05) is 12.1 Å². The molecule has 0 aromatic heterocycles.